The highest BCUT2D eigenvalue weighted by Crippen LogP contribution is 2.27. The van der Waals surface area contributed by atoms with Crippen LogP contribution in [-0.2, 0) is 16.6 Å². The van der Waals surface area contributed by atoms with Crippen molar-refractivity contribution in [2.24, 2.45) is 5.41 Å². The number of sulfonamides is 1. The third-order valence-electron chi connectivity index (χ3n) is 4.80. The topological polar surface area (TPSA) is 75.7 Å². The molecular weight excluding hydrogens is 424 g/mol. The number of carbonyl (C=O) groups is 1. The molecular formula is C25H36N2O4S. The first kappa shape index (κ1) is 25.7. The number of hydrogen-bond donors (Lipinski definition) is 1. The Hall–Kier alpha value is -2.54. The molecule has 1 N–H and O–H groups in total. The Balaban J connectivity index is 2.15. The van der Waals surface area contributed by atoms with E-state index in [2.05, 4.69) is 26.1 Å². The van der Waals surface area contributed by atoms with Crippen LogP contribution in [0.3, 0.4) is 0 Å². The van der Waals surface area contributed by atoms with Gasteiger partial charge in [0.2, 0.25) is 10.0 Å². The maximum atomic E-state index is 12.7. The molecule has 176 valence electrons. The zero-order valence-corrected chi connectivity index (χ0v) is 21.0. The lowest BCUT2D eigenvalue weighted by atomic mass is 9.81. The molecule has 0 spiro atoms. The molecule has 0 heterocycles. The Morgan fingerprint density at radius 2 is 1.53 bits per heavy atom. The summed E-state index contributed by atoms with van der Waals surface area (Å²) >= 11 is 0. The molecule has 0 saturated carbocycles. The summed E-state index contributed by atoms with van der Waals surface area (Å²) in [6.45, 7) is 13.1. The van der Waals surface area contributed by atoms with E-state index in [1.165, 1.54) is 10.6 Å². The van der Waals surface area contributed by atoms with E-state index in [-0.39, 0.29) is 23.4 Å². The van der Waals surface area contributed by atoms with Crippen molar-refractivity contribution in [3.63, 3.8) is 0 Å². The van der Waals surface area contributed by atoms with E-state index in [1.807, 2.05) is 20.8 Å². The number of carbonyl (C=O) groups excluding carboxylic acids is 1. The van der Waals surface area contributed by atoms with Crippen LogP contribution in [0.1, 0.15) is 63.9 Å². The number of nitrogens with zero attached hydrogens (tertiary/aromatic N) is 1. The van der Waals surface area contributed by atoms with Gasteiger partial charge in [-0.15, -0.1) is 0 Å². The third-order valence-corrected chi connectivity index (χ3v) is 5.94. The van der Waals surface area contributed by atoms with Gasteiger partial charge in [-0.3, -0.25) is 9.10 Å². The number of nitrogens with one attached hydrogen (secondary N) is 1. The standard InChI is InChI=1S/C25H36N2O4S/c1-8-31-22-15-13-21(14-16-22)27(32(7,29)30)17-19-9-11-20(12-10-19)23(28)26-25(5,6)18-24(2,3)4/h9-16H,8,17-18H2,1-7H3,(H,26,28). The summed E-state index contributed by atoms with van der Waals surface area (Å²) in [4.78, 5) is 12.7. The van der Waals surface area contributed by atoms with Crippen molar-refractivity contribution >= 4 is 21.6 Å². The van der Waals surface area contributed by atoms with Crippen LogP contribution in [0.15, 0.2) is 48.5 Å². The summed E-state index contributed by atoms with van der Waals surface area (Å²) in [5, 5.41) is 3.10. The monoisotopic (exact) mass is 460 g/mol. The number of benzene rings is 2. The highest BCUT2D eigenvalue weighted by Gasteiger charge is 2.27. The van der Waals surface area contributed by atoms with Gasteiger partial charge < -0.3 is 10.1 Å². The molecule has 32 heavy (non-hydrogen) atoms. The average Bonchev–Trinajstić information content (AvgIpc) is 2.64. The molecule has 2 aromatic rings. The molecule has 0 aliphatic heterocycles. The Morgan fingerprint density at radius 3 is 2.00 bits per heavy atom. The fourth-order valence-electron chi connectivity index (χ4n) is 3.95. The lowest BCUT2D eigenvalue weighted by Gasteiger charge is -2.33. The average molecular weight is 461 g/mol. The second-order valence-electron chi connectivity index (χ2n) is 9.97. The normalized spacial score (nSPS) is 12.3. The maximum absolute atomic E-state index is 12.7. The van der Waals surface area contributed by atoms with Crippen molar-refractivity contribution < 1.29 is 17.9 Å². The molecule has 6 nitrogen and oxygen atoms in total. The highest BCUT2D eigenvalue weighted by atomic mass is 32.2. The van der Waals surface area contributed by atoms with E-state index >= 15 is 0 Å². The van der Waals surface area contributed by atoms with Crippen LogP contribution in [0.4, 0.5) is 5.69 Å². The third kappa shape index (κ3) is 7.86. The molecule has 2 rings (SSSR count). The quantitative estimate of drug-likeness (QED) is 0.572. The van der Waals surface area contributed by atoms with E-state index in [9.17, 15) is 13.2 Å². The van der Waals surface area contributed by atoms with Crippen molar-refractivity contribution in [2.75, 3.05) is 17.2 Å². The zero-order chi connectivity index (χ0) is 24.2. The lowest BCUT2D eigenvalue weighted by molar-refractivity contribution is 0.0891. The maximum Gasteiger partial charge on any atom is 0.251 e. The zero-order valence-electron chi connectivity index (χ0n) is 20.2. The molecule has 7 heteroatoms. The van der Waals surface area contributed by atoms with Gasteiger partial charge in [0, 0.05) is 11.1 Å². The van der Waals surface area contributed by atoms with Gasteiger partial charge in [-0.25, -0.2) is 8.42 Å². The molecule has 0 radical (unpaired) electrons. The lowest BCUT2D eigenvalue weighted by Crippen LogP contribution is -2.45. The smallest absolute Gasteiger partial charge is 0.251 e. The molecule has 0 bridgehead atoms. The van der Waals surface area contributed by atoms with Gasteiger partial charge in [-0.2, -0.15) is 0 Å². The van der Waals surface area contributed by atoms with Crippen LogP contribution < -0.4 is 14.4 Å². The van der Waals surface area contributed by atoms with E-state index in [4.69, 9.17) is 4.74 Å². The number of hydrogen-bond acceptors (Lipinski definition) is 4. The van der Waals surface area contributed by atoms with E-state index < -0.39 is 10.0 Å². The summed E-state index contributed by atoms with van der Waals surface area (Å²) in [6.07, 6.45) is 2.03. The largest absolute Gasteiger partial charge is 0.494 e. The van der Waals surface area contributed by atoms with Crippen LogP contribution >= 0.6 is 0 Å². The minimum atomic E-state index is -3.50. The van der Waals surface area contributed by atoms with Gasteiger partial charge in [-0.05, 0) is 74.6 Å². The van der Waals surface area contributed by atoms with E-state index in [0.717, 1.165) is 12.0 Å². The molecule has 0 aliphatic carbocycles. The first-order chi connectivity index (χ1) is 14.7. The molecule has 0 atom stereocenters. The molecule has 1 amide bonds. The predicted octanol–water partition coefficient (Wildman–Crippen LogP) is 5.00. The molecule has 0 unspecified atom stereocenters. The van der Waals surface area contributed by atoms with Crippen molar-refractivity contribution in [3.05, 3.63) is 59.7 Å². The van der Waals surface area contributed by atoms with Gasteiger partial charge >= 0.3 is 0 Å². The fourth-order valence-corrected chi connectivity index (χ4v) is 4.84. The van der Waals surface area contributed by atoms with Crippen LogP contribution in [0.2, 0.25) is 0 Å². The summed E-state index contributed by atoms with van der Waals surface area (Å²) in [7, 11) is -3.50. The van der Waals surface area contributed by atoms with Gasteiger partial charge in [0.1, 0.15) is 5.75 Å². The Bertz CT molecular complexity index is 1010. The van der Waals surface area contributed by atoms with Crippen LogP contribution in [0.5, 0.6) is 5.75 Å². The van der Waals surface area contributed by atoms with Gasteiger partial charge in [-0.1, -0.05) is 32.9 Å². The molecule has 2 aromatic carbocycles. The van der Waals surface area contributed by atoms with E-state index in [1.54, 1.807) is 48.5 Å². The van der Waals surface area contributed by atoms with E-state index in [0.29, 0.717) is 23.6 Å². The first-order valence-corrected chi connectivity index (χ1v) is 12.7. The minimum absolute atomic E-state index is 0.0939. The fraction of sp³-hybridized carbons (Fsp3) is 0.480. The van der Waals surface area contributed by atoms with Gasteiger partial charge in [0.25, 0.3) is 5.91 Å². The molecule has 0 fully saturated rings. The number of anilines is 1. The van der Waals surface area contributed by atoms with Crippen LogP contribution in [0, 0.1) is 5.41 Å². The first-order valence-electron chi connectivity index (χ1n) is 10.8. The summed E-state index contributed by atoms with van der Waals surface area (Å²) in [6, 6.07) is 14.0. The van der Waals surface area contributed by atoms with Gasteiger partial charge in [0.05, 0.1) is 25.1 Å². The number of rotatable bonds is 9. The Labute approximate surface area is 193 Å². The minimum Gasteiger partial charge on any atom is -0.494 e. The predicted molar refractivity (Wildman–Crippen MR) is 131 cm³/mol. The van der Waals surface area contributed by atoms with Crippen LogP contribution in [0.25, 0.3) is 0 Å². The SMILES string of the molecule is CCOc1ccc(N(Cc2ccc(C(=O)NC(C)(C)CC(C)(C)C)cc2)S(C)(=O)=O)cc1. The second-order valence-corrected chi connectivity index (χ2v) is 11.9. The highest BCUT2D eigenvalue weighted by molar-refractivity contribution is 7.92. The Morgan fingerprint density at radius 1 is 0.969 bits per heavy atom. The molecule has 0 aliphatic rings. The van der Waals surface area contributed by atoms with Crippen LogP contribution in [-0.4, -0.2) is 32.7 Å². The summed E-state index contributed by atoms with van der Waals surface area (Å²) in [5.74, 6) is 0.548. The number of ether oxygens (including phenoxy) is 1. The van der Waals surface area contributed by atoms with Crippen molar-refractivity contribution in [1.82, 2.24) is 5.32 Å². The second kappa shape index (κ2) is 9.94. The van der Waals surface area contributed by atoms with Crippen molar-refractivity contribution in [3.8, 4) is 5.75 Å². The van der Waals surface area contributed by atoms with Gasteiger partial charge in [0.15, 0.2) is 0 Å². The van der Waals surface area contributed by atoms with Crippen molar-refractivity contribution in [2.45, 2.75) is 60.0 Å². The summed E-state index contributed by atoms with van der Waals surface area (Å²) < 4.78 is 31.6. The molecule has 0 aromatic heterocycles. The van der Waals surface area contributed by atoms with Crippen molar-refractivity contribution in [1.29, 1.82) is 0 Å². The summed E-state index contributed by atoms with van der Waals surface area (Å²) in [5.41, 5.74) is 1.64. The molecule has 0 saturated heterocycles. The number of amides is 1. The Kier molecular flexibility index (Phi) is 7.99.